The number of alkyl halides is 3. The highest BCUT2D eigenvalue weighted by atomic mass is 19.4. The third-order valence-electron chi connectivity index (χ3n) is 5.32. The number of rotatable bonds is 10. The zero-order valence-electron chi connectivity index (χ0n) is 19.4. The van der Waals surface area contributed by atoms with Crippen molar-refractivity contribution in [1.82, 2.24) is 4.98 Å². The number of nitro groups is 1. The van der Waals surface area contributed by atoms with Crippen molar-refractivity contribution in [3.8, 4) is 11.5 Å². The molecule has 11 heteroatoms. The van der Waals surface area contributed by atoms with Gasteiger partial charge in [-0.05, 0) is 48.4 Å². The average Bonchev–Trinajstić information content (AvgIpc) is 2.83. The van der Waals surface area contributed by atoms with Crippen LogP contribution in [-0.4, -0.2) is 36.3 Å². The fraction of sp³-hybridized carbons (Fsp3) is 0.292. The Labute approximate surface area is 200 Å². The fourth-order valence-corrected chi connectivity index (χ4v) is 3.39. The summed E-state index contributed by atoms with van der Waals surface area (Å²) in [5.41, 5.74) is 0.805. The third-order valence-corrected chi connectivity index (χ3v) is 5.32. The summed E-state index contributed by atoms with van der Waals surface area (Å²) in [5.74, 6) is 1.24. The molecular formula is C24H25F3N4O4. The van der Waals surface area contributed by atoms with Gasteiger partial charge in [-0.15, -0.1) is 0 Å². The molecule has 3 aromatic rings. The summed E-state index contributed by atoms with van der Waals surface area (Å²) >= 11 is 0. The van der Waals surface area contributed by atoms with Crippen molar-refractivity contribution in [3.05, 3.63) is 82.0 Å². The lowest BCUT2D eigenvalue weighted by atomic mass is 10.1. The van der Waals surface area contributed by atoms with E-state index in [4.69, 9.17) is 9.47 Å². The molecule has 0 aliphatic rings. The Bertz CT molecular complexity index is 1090. The number of anilines is 2. The number of hydrogen-bond donors (Lipinski definition) is 1. The first kappa shape index (κ1) is 25.6. The molecule has 0 aliphatic carbocycles. The summed E-state index contributed by atoms with van der Waals surface area (Å²) in [7, 11) is 3.08. The van der Waals surface area contributed by atoms with Crippen LogP contribution in [0.1, 0.15) is 18.1 Å². The van der Waals surface area contributed by atoms with Gasteiger partial charge in [-0.2, -0.15) is 13.2 Å². The molecule has 1 heterocycles. The number of benzene rings is 2. The van der Waals surface area contributed by atoms with E-state index >= 15 is 0 Å². The van der Waals surface area contributed by atoms with Crippen LogP contribution in [0.5, 0.6) is 11.5 Å². The van der Waals surface area contributed by atoms with Crippen molar-refractivity contribution in [2.24, 2.45) is 0 Å². The van der Waals surface area contributed by atoms with Crippen molar-refractivity contribution < 1.29 is 27.6 Å². The van der Waals surface area contributed by atoms with E-state index in [1.54, 1.807) is 67.7 Å². The van der Waals surface area contributed by atoms with Gasteiger partial charge in [0.15, 0.2) is 0 Å². The minimum absolute atomic E-state index is 0.0546. The second-order valence-corrected chi connectivity index (χ2v) is 7.75. The number of nitrogens with zero attached hydrogens (tertiary/aromatic N) is 3. The molecule has 0 saturated carbocycles. The molecule has 0 amide bonds. The topological polar surface area (TPSA) is 89.8 Å². The third kappa shape index (κ3) is 6.52. The SMILES string of the molecule is COc1ccc(CN(Cc2ccc(OC)cc2)c2nccc(NC(C)C(F)(F)F)c2[N+](=O)[O-])cc1. The van der Waals surface area contributed by atoms with Crippen LogP contribution < -0.4 is 19.7 Å². The van der Waals surface area contributed by atoms with Crippen molar-refractivity contribution in [1.29, 1.82) is 0 Å². The zero-order chi connectivity index (χ0) is 25.6. The van der Waals surface area contributed by atoms with Crippen LogP contribution in [0.4, 0.5) is 30.4 Å². The molecule has 0 aliphatic heterocycles. The molecule has 0 bridgehead atoms. The number of hydrogen-bond acceptors (Lipinski definition) is 7. The second-order valence-electron chi connectivity index (χ2n) is 7.75. The molecule has 1 aromatic heterocycles. The Hall–Kier alpha value is -4.02. The van der Waals surface area contributed by atoms with Gasteiger partial charge >= 0.3 is 11.9 Å². The number of halogens is 3. The number of methoxy groups -OCH3 is 2. The smallest absolute Gasteiger partial charge is 0.408 e. The van der Waals surface area contributed by atoms with Gasteiger partial charge in [0.05, 0.1) is 19.1 Å². The predicted molar refractivity (Wildman–Crippen MR) is 126 cm³/mol. The van der Waals surface area contributed by atoms with Crippen LogP contribution in [0.2, 0.25) is 0 Å². The summed E-state index contributed by atoms with van der Waals surface area (Å²) in [4.78, 5) is 17.2. The fourth-order valence-electron chi connectivity index (χ4n) is 3.39. The quantitative estimate of drug-likeness (QED) is 0.293. The van der Waals surface area contributed by atoms with Gasteiger partial charge < -0.3 is 19.7 Å². The summed E-state index contributed by atoms with van der Waals surface area (Å²) in [6.45, 7) is 1.32. The van der Waals surface area contributed by atoms with Gasteiger partial charge in [0.25, 0.3) is 0 Å². The van der Waals surface area contributed by atoms with Crippen molar-refractivity contribution in [2.45, 2.75) is 32.2 Å². The molecule has 1 unspecified atom stereocenters. The lowest BCUT2D eigenvalue weighted by Gasteiger charge is -2.25. The highest BCUT2D eigenvalue weighted by Gasteiger charge is 2.38. The van der Waals surface area contributed by atoms with E-state index in [1.165, 1.54) is 12.3 Å². The van der Waals surface area contributed by atoms with Crippen molar-refractivity contribution in [3.63, 3.8) is 0 Å². The Morgan fingerprint density at radius 1 is 0.971 bits per heavy atom. The van der Waals surface area contributed by atoms with Gasteiger partial charge in [0.2, 0.25) is 5.82 Å². The maximum Gasteiger partial charge on any atom is 0.408 e. The van der Waals surface area contributed by atoms with Gasteiger partial charge in [-0.3, -0.25) is 10.1 Å². The minimum Gasteiger partial charge on any atom is -0.497 e. The standard InChI is InChI=1S/C24H25F3N4O4/c1-16(24(25,26)27)29-21-12-13-28-23(22(21)31(32)33)30(14-17-4-8-19(34-2)9-5-17)15-18-6-10-20(35-3)11-7-18/h4-13,16H,14-15H2,1-3H3,(H,28,29). The van der Waals surface area contributed by atoms with E-state index in [0.717, 1.165) is 18.1 Å². The summed E-state index contributed by atoms with van der Waals surface area (Å²) < 4.78 is 49.8. The Balaban J connectivity index is 2.04. The molecule has 0 saturated heterocycles. The molecule has 0 radical (unpaired) electrons. The maximum absolute atomic E-state index is 13.1. The molecule has 1 atom stereocenters. The molecular weight excluding hydrogens is 465 g/mol. The molecule has 2 aromatic carbocycles. The lowest BCUT2D eigenvalue weighted by molar-refractivity contribution is -0.383. The number of nitrogens with one attached hydrogen (secondary N) is 1. The molecule has 1 N–H and O–H groups in total. The predicted octanol–water partition coefficient (Wildman–Crippen LogP) is 5.58. The molecule has 35 heavy (non-hydrogen) atoms. The van der Waals surface area contributed by atoms with Crippen molar-refractivity contribution in [2.75, 3.05) is 24.4 Å². The number of aromatic nitrogens is 1. The van der Waals surface area contributed by atoms with E-state index in [0.29, 0.717) is 11.5 Å². The molecule has 0 fully saturated rings. The van der Waals surface area contributed by atoms with Crippen LogP contribution in [0.3, 0.4) is 0 Å². The summed E-state index contributed by atoms with van der Waals surface area (Å²) in [6.07, 6.45) is -3.33. The van der Waals surface area contributed by atoms with E-state index in [-0.39, 0.29) is 24.6 Å². The van der Waals surface area contributed by atoms with Crippen LogP contribution in [-0.2, 0) is 13.1 Å². The normalized spacial score (nSPS) is 12.1. The van der Waals surface area contributed by atoms with Crippen LogP contribution in [0.15, 0.2) is 60.8 Å². The van der Waals surface area contributed by atoms with E-state index in [1.807, 2.05) is 0 Å². The molecule has 186 valence electrons. The first-order valence-corrected chi connectivity index (χ1v) is 10.6. The van der Waals surface area contributed by atoms with E-state index in [2.05, 4.69) is 10.3 Å². The zero-order valence-corrected chi connectivity index (χ0v) is 19.4. The highest BCUT2D eigenvalue weighted by Crippen LogP contribution is 2.37. The minimum atomic E-state index is -4.58. The van der Waals surface area contributed by atoms with Gasteiger partial charge in [0.1, 0.15) is 23.2 Å². The van der Waals surface area contributed by atoms with Crippen LogP contribution in [0, 0.1) is 10.1 Å². The first-order valence-electron chi connectivity index (χ1n) is 10.6. The van der Waals surface area contributed by atoms with Gasteiger partial charge in [-0.1, -0.05) is 24.3 Å². The van der Waals surface area contributed by atoms with Gasteiger partial charge in [0, 0.05) is 19.3 Å². The first-order chi connectivity index (χ1) is 16.6. The molecule has 0 spiro atoms. The second kappa shape index (κ2) is 10.9. The monoisotopic (exact) mass is 490 g/mol. The largest absolute Gasteiger partial charge is 0.497 e. The Morgan fingerprint density at radius 3 is 1.86 bits per heavy atom. The van der Waals surface area contributed by atoms with E-state index < -0.39 is 22.8 Å². The maximum atomic E-state index is 13.1. The molecule has 3 rings (SSSR count). The molecule has 8 nitrogen and oxygen atoms in total. The summed E-state index contributed by atoms with van der Waals surface area (Å²) in [5, 5.41) is 14.3. The number of ether oxygens (including phenoxy) is 2. The van der Waals surface area contributed by atoms with Gasteiger partial charge in [-0.25, -0.2) is 4.98 Å². The van der Waals surface area contributed by atoms with Crippen LogP contribution >= 0.6 is 0 Å². The number of pyridine rings is 1. The average molecular weight is 490 g/mol. The lowest BCUT2D eigenvalue weighted by Crippen LogP contribution is -2.33. The Morgan fingerprint density at radius 2 is 1.46 bits per heavy atom. The van der Waals surface area contributed by atoms with Crippen molar-refractivity contribution >= 4 is 17.2 Å². The highest BCUT2D eigenvalue weighted by molar-refractivity contribution is 5.74. The van der Waals surface area contributed by atoms with Crippen LogP contribution in [0.25, 0.3) is 0 Å². The Kier molecular flexibility index (Phi) is 8.00. The van der Waals surface area contributed by atoms with E-state index in [9.17, 15) is 23.3 Å². The summed E-state index contributed by atoms with van der Waals surface area (Å²) in [6, 6.07) is 13.4.